The van der Waals surface area contributed by atoms with Crippen molar-refractivity contribution in [1.82, 2.24) is 10.2 Å². The van der Waals surface area contributed by atoms with Gasteiger partial charge in [0.25, 0.3) is 5.91 Å². The lowest BCUT2D eigenvalue weighted by atomic mass is 10.0. The molecule has 5 heteroatoms. The van der Waals surface area contributed by atoms with Crippen LogP contribution in [0.3, 0.4) is 0 Å². The van der Waals surface area contributed by atoms with Gasteiger partial charge < -0.3 is 14.6 Å². The van der Waals surface area contributed by atoms with Crippen molar-refractivity contribution in [3.05, 3.63) is 23.7 Å². The Morgan fingerprint density at radius 3 is 2.65 bits per heavy atom. The average Bonchev–Trinajstić information content (AvgIpc) is 2.75. The van der Waals surface area contributed by atoms with E-state index < -0.39 is 0 Å². The zero-order valence-electron chi connectivity index (χ0n) is 10.2. The third-order valence-electron chi connectivity index (χ3n) is 3.23. The molecule has 1 N–H and O–H groups in total. The fraction of sp³-hybridized carbons (Fsp3) is 0.583. The Morgan fingerprint density at radius 2 is 2.12 bits per heavy atom. The quantitative estimate of drug-likeness (QED) is 0.880. The van der Waals surface area contributed by atoms with Gasteiger partial charge >= 0.3 is 0 Å². The van der Waals surface area contributed by atoms with E-state index in [-0.39, 0.29) is 18.3 Å². The van der Waals surface area contributed by atoms with E-state index in [9.17, 15) is 4.79 Å². The molecule has 0 saturated carbocycles. The predicted octanol–water partition coefficient (Wildman–Crippen LogP) is 1.83. The first kappa shape index (κ1) is 14.1. The van der Waals surface area contributed by atoms with Gasteiger partial charge in [-0.15, -0.1) is 12.4 Å². The van der Waals surface area contributed by atoms with Crippen LogP contribution in [-0.2, 0) is 0 Å². The maximum Gasteiger partial charge on any atom is 0.289 e. The van der Waals surface area contributed by atoms with Crippen molar-refractivity contribution in [3.63, 3.8) is 0 Å². The molecule has 0 aliphatic carbocycles. The molecule has 0 bridgehead atoms. The molecule has 0 unspecified atom stereocenters. The van der Waals surface area contributed by atoms with Gasteiger partial charge in [0.1, 0.15) is 0 Å². The number of aryl methyl sites for hydroxylation is 1. The lowest BCUT2D eigenvalue weighted by Gasteiger charge is -2.31. The summed E-state index contributed by atoms with van der Waals surface area (Å²) in [4.78, 5) is 13.9. The van der Waals surface area contributed by atoms with E-state index in [0.29, 0.717) is 11.8 Å². The second-order valence-electron chi connectivity index (χ2n) is 4.33. The maximum atomic E-state index is 12.1. The Bertz CT molecular complexity index is 372. The van der Waals surface area contributed by atoms with Gasteiger partial charge in [-0.1, -0.05) is 0 Å². The molecule has 1 aromatic rings. The molecule has 1 amide bonds. The first-order valence-corrected chi connectivity index (χ1v) is 5.72. The Balaban J connectivity index is 0.00000144. The minimum absolute atomic E-state index is 0. The fourth-order valence-corrected chi connectivity index (χ4v) is 2.11. The lowest BCUT2D eigenvalue weighted by Crippen LogP contribution is -2.44. The average molecular weight is 259 g/mol. The van der Waals surface area contributed by atoms with E-state index >= 15 is 0 Å². The molecular formula is C12H19ClN2O2. The number of furan rings is 1. The van der Waals surface area contributed by atoms with Gasteiger partial charge in [-0.2, -0.15) is 0 Å². The SMILES string of the molecule is Cc1ccoc1C(=O)N(C)C1CCNCC1.Cl. The molecule has 0 spiro atoms. The lowest BCUT2D eigenvalue weighted by molar-refractivity contribution is 0.0670. The van der Waals surface area contributed by atoms with Crippen LogP contribution in [0.15, 0.2) is 16.7 Å². The van der Waals surface area contributed by atoms with E-state index in [1.807, 2.05) is 24.9 Å². The van der Waals surface area contributed by atoms with Crippen LogP contribution in [0, 0.1) is 6.92 Å². The number of halogens is 1. The van der Waals surface area contributed by atoms with Gasteiger partial charge in [0.15, 0.2) is 5.76 Å². The standard InChI is InChI=1S/C12H18N2O2.ClH/c1-9-5-8-16-11(9)12(15)14(2)10-3-6-13-7-4-10;/h5,8,10,13H,3-4,6-7H2,1-2H3;1H. The molecule has 1 aromatic heterocycles. The second kappa shape index (κ2) is 6.07. The summed E-state index contributed by atoms with van der Waals surface area (Å²) in [5, 5.41) is 3.29. The summed E-state index contributed by atoms with van der Waals surface area (Å²) in [6.07, 6.45) is 3.60. The van der Waals surface area contributed by atoms with Gasteiger partial charge in [0.2, 0.25) is 0 Å². The summed E-state index contributed by atoms with van der Waals surface area (Å²) >= 11 is 0. The molecule has 2 rings (SSSR count). The van der Waals surface area contributed by atoms with Gasteiger partial charge in [-0.25, -0.2) is 0 Å². The highest BCUT2D eigenvalue weighted by atomic mass is 35.5. The van der Waals surface area contributed by atoms with Crippen molar-refractivity contribution in [3.8, 4) is 0 Å². The topological polar surface area (TPSA) is 45.5 Å². The van der Waals surface area contributed by atoms with E-state index in [2.05, 4.69) is 5.32 Å². The Labute approximate surface area is 108 Å². The Hall–Kier alpha value is -1.00. The van der Waals surface area contributed by atoms with Crippen LogP contribution < -0.4 is 5.32 Å². The molecule has 2 heterocycles. The van der Waals surface area contributed by atoms with Crippen LogP contribution in [0.2, 0.25) is 0 Å². The fourth-order valence-electron chi connectivity index (χ4n) is 2.11. The van der Waals surface area contributed by atoms with Crippen molar-refractivity contribution >= 4 is 18.3 Å². The molecule has 17 heavy (non-hydrogen) atoms. The van der Waals surface area contributed by atoms with Crippen LogP contribution in [-0.4, -0.2) is 37.0 Å². The van der Waals surface area contributed by atoms with Gasteiger partial charge in [-0.05, 0) is 38.9 Å². The van der Waals surface area contributed by atoms with E-state index in [1.54, 1.807) is 6.26 Å². The minimum atomic E-state index is -0.00519. The second-order valence-corrected chi connectivity index (χ2v) is 4.33. The molecule has 0 atom stereocenters. The molecule has 0 aromatic carbocycles. The predicted molar refractivity (Wildman–Crippen MR) is 68.7 cm³/mol. The Kier molecular flexibility index (Phi) is 5.02. The number of hydrogen-bond donors (Lipinski definition) is 1. The van der Waals surface area contributed by atoms with E-state index in [1.165, 1.54) is 0 Å². The number of rotatable bonds is 2. The zero-order valence-corrected chi connectivity index (χ0v) is 11.0. The number of amides is 1. The smallest absolute Gasteiger partial charge is 0.289 e. The highest BCUT2D eigenvalue weighted by Gasteiger charge is 2.25. The minimum Gasteiger partial charge on any atom is -0.459 e. The van der Waals surface area contributed by atoms with Crippen LogP contribution >= 0.6 is 12.4 Å². The first-order chi connectivity index (χ1) is 7.70. The normalized spacial score (nSPS) is 16.4. The number of carbonyl (C=O) groups excluding carboxylic acids is 1. The summed E-state index contributed by atoms with van der Waals surface area (Å²) in [5.41, 5.74) is 0.908. The van der Waals surface area contributed by atoms with Crippen LogP contribution in [0.1, 0.15) is 29.0 Å². The molecule has 4 nitrogen and oxygen atoms in total. The maximum absolute atomic E-state index is 12.1. The summed E-state index contributed by atoms with van der Waals surface area (Å²) in [5.74, 6) is 0.468. The van der Waals surface area contributed by atoms with Crippen LogP contribution in [0.5, 0.6) is 0 Å². The zero-order chi connectivity index (χ0) is 11.5. The molecular weight excluding hydrogens is 240 g/mol. The number of nitrogens with zero attached hydrogens (tertiary/aromatic N) is 1. The highest BCUT2D eigenvalue weighted by molar-refractivity contribution is 5.92. The number of carbonyl (C=O) groups is 1. The third-order valence-corrected chi connectivity index (χ3v) is 3.23. The van der Waals surface area contributed by atoms with Crippen molar-refractivity contribution in [2.45, 2.75) is 25.8 Å². The molecule has 0 radical (unpaired) electrons. The first-order valence-electron chi connectivity index (χ1n) is 5.72. The van der Waals surface area contributed by atoms with Gasteiger partial charge in [-0.3, -0.25) is 4.79 Å². The van der Waals surface area contributed by atoms with Crippen molar-refractivity contribution < 1.29 is 9.21 Å². The van der Waals surface area contributed by atoms with Crippen LogP contribution in [0.25, 0.3) is 0 Å². The molecule has 1 aliphatic rings. The van der Waals surface area contributed by atoms with Gasteiger partial charge in [0.05, 0.1) is 6.26 Å². The number of piperidine rings is 1. The molecule has 1 saturated heterocycles. The Morgan fingerprint density at radius 1 is 1.47 bits per heavy atom. The third kappa shape index (κ3) is 3.01. The van der Waals surface area contributed by atoms with Crippen molar-refractivity contribution in [2.24, 2.45) is 0 Å². The number of nitrogens with one attached hydrogen (secondary N) is 1. The monoisotopic (exact) mass is 258 g/mol. The van der Waals surface area contributed by atoms with Crippen molar-refractivity contribution in [2.75, 3.05) is 20.1 Å². The van der Waals surface area contributed by atoms with Crippen LogP contribution in [0.4, 0.5) is 0 Å². The summed E-state index contributed by atoms with van der Waals surface area (Å²) in [6.45, 7) is 3.87. The van der Waals surface area contributed by atoms with E-state index in [0.717, 1.165) is 31.5 Å². The molecule has 96 valence electrons. The van der Waals surface area contributed by atoms with Crippen molar-refractivity contribution in [1.29, 1.82) is 0 Å². The summed E-state index contributed by atoms with van der Waals surface area (Å²) in [7, 11) is 1.86. The highest BCUT2D eigenvalue weighted by Crippen LogP contribution is 2.16. The number of hydrogen-bond acceptors (Lipinski definition) is 3. The molecule has 1 fully saturated rings. The van der Waals surface area contributed by atoms with E-state index in [4.69, 9.17) is 4.42 Å². The summed E-state index contributed by atoms with van der Waals surface area (Å²) in [6, 6.07) is 2.15. The van der Waals surface area contributed by atoms with Gasteiger partial charge in [0, 0.05) is 18.7 Å². The molecule has 1 aliphatic heterocycles. The summed E-state index contributed by atoms with van der Waals surface area (Å²) < 4.78 is 5.23. The largest absolute Gasteiger partial charge is 0.459 e.